The van der Waals surface area contributed by atoms with E-state index in [2.05, 4.69) is 0 Å². The van der Waals surface area contributed by atoms with Crippen molar-refractivity contribution in [3.05, 3.63) is 39.7 Å². The van der Waals surface area contributed by atoms with E-state index in [1.807, 2.05) is 6.92 Å². The van der Waals surface area contributed by atoms with Gasteiger partial charge in [0.05, 0.1) is 5.39 Å². The molecule has 0 saturated heterocycles. The molecule has 0 spiro atoms. The Morgan fingerprint density at radius 1 is 1.33 bits per heavy atom. The Kier molecular flexibility index (Phi) is 2.23. The Morgan fingerprint density at radius 3 is 2.73 bits per heavy atom. The number of phenolic OH excluding ortho intramolecular Hbond substituents is 1. The maximum absolute atomic E-state index is 11.7. The molecule has 15 heavy (non-hydrogen) atoms. The summed E-state index contributed by atoms with van der Waals surface area (Å²) in [6.45, 7) is 3.70. The fourth-order valence-electron chi connectivity index (χ4n) is 1.70. The van der Waals surface area contributed by atoms with Gasteiger partial charge < -0.3 is 9.52 Å². The van der Waals surface area contributed by atoms with E-state index < -0.39 is 0 Å². The fourth-order valence-corrected chi connectivity index (χ4v) is 1.70. The van der Waals surface area contributed by atoms with Gasteiger partial charge in [-0.15, -0.1) is 0 Å². The Balaban J connectivity index is 2.91. The van der Waals surface area contributed by atoms with Crippen LogP contribution in [0.1, 0.15) is 18.2 Å². The van der Waals surface area contributed by atoms with Gasteiger partial charge in [0.2, 0.25) is 0 Å². The lowest BCUT2D eigenvalue weighted by atomic mass is 10.1. The van der Waals surface area contributed by atoms with Crippen molar-refractivity contribution in [2.45, 2.75) is 20.3 Å². The molecule has 3 nitrogen and oxygen atoms in total. The minimum atomic E-state index is -0.0504. The first-order valence-corrected chi connectivity index (χ1v) is 4.88. The van der Waals surface area contributed by atoms with Crippen LogP contribution >= 0.6 is 0 Å². The normalized spacial score (nSPS) is 10.8. The SMILES string of the molecule is CCc1cc(=O)c2c(C)cc(O)cc2o1. The molecule has 0 aliphatic heterocycles. The maximum atomic E-state index is 11.7. The van der Waals surface area contributed by atoms with Crippen molar-refractivity contribution in [1.82, 2.24) is 0 Å². The molecule has 1 aromatic carbocycles. The molecule has 1 N–H and O–H groups in total. The molecule has 0 fully saturated rings. The summed E-state index contributed by atoms with van der Waals surface area (Å²) < 4.78 is 5.49. The monoisotopic (exact) mass is 204 g/mol. The molecule has 1 heterocycles. The fraction of sp³-hybridized carbons (Fsp3) is 0.250. The molecule has 2 aromatic rings. The van der Waals surface area contributed by atoms with E-state index in [4.69, 9.17) is 4.42 Å². The highest BCUT2D eigenvalue weighted by atomic mass is 16.3. The number of aromatic hydroxyl groups is 1. The minimum Gasteiger partial charge on any atom is -0.508 e. The second-order valence-electron chi connectivity index (χ2n) is 3.57. The highest BCUT2D eigenvalue weighted by Crippen LogP contribution is 2.22. The summed E-state index contributed by atoms with van der Waals surface area (Å²) in [7, 11) is 0. The van der Waals surface area contributed by atoms with E-state index in [1.54, 1.807) is 13.0 Å². The van der Waals surface area contributed by atoms with Crippen LogP contribution in [0.3, 0.4) is 0 Å². The Morgan fingerprint density at radius 2 is 2.07 bits per heavy atom. The number of hydrogen-bond donors (Lipinski definition) is 1. The summed E-state index contributed by atoms with van der Waals surface area (Å²) in [6, 6.07) is 4.54. The van der Waals surface area contributed by atoms with E-state index in [0.29, 0.717) is 23.2 Å². The second-order valence-corrected chi connectivity index (χ2v) is 3.57. The van der Waals surface area contributed by atoms with Gasteiger partial charge in [-0.1, -0.05) is 6.92 Å². The molecular weight excluding hydrogens is 192 g/mol. The summed E-state index contributed by atoms with van der Waals surface area (Å²) in [6.07, 6.45) is 0.667. The van der Waals surface area contributed by atoms with Gasteiger partial charge in [0, 0.05) is 18.6 Å². The largest absolute Gasteiger partial charge is 0.508 e. The molecule has 0 amide bonds. The van der Waals surface area contributed by atoms with Gasteiger partial charge in [-0.2, -0.15) is 0 Å². The van der Waals surface area contributed by atoms with Crippen LogP contribution in [-0.4, -0.2) is 5.11 Å². The zero-order valence-electron chi connectivity index (χ0n) is 8.70. The highest BCUT2D eigenvalue weighted by molar-refractivity contribution is 5.81. The van der Waals surface area contributed by atoms with Gasteiger partial charge in [-0.05, 0) is 18.6 Å². The zero-order chi connectivity index (χ0) is 11.0. The average molecular weight is 204 g/mol. The quantitative estimate of drug-likeness (QED) is 0.775. The number of benzene rings is 1. The molecule has 3 heteroatoms. The van der Waals surface area contributed by atoms with Crippen molar-refractivity contribution in [2.24, 2.45) is 0 Å². The molecule has 0 saturated carbocycles. The maximum Gasteiger partial charge on any atom is 0.193 e. The van der Waals surface area contributed by atoms with E-state index in [-0.39, 0.29) is 11.2 Å². The number of aryl methyl sites for hydroxylation is 2. The van der Waals surface area contributed by atoms with Crippen molar-refractivity contribution < 1.29 is 9.52 Å². The van der Waals surface area contributed by atoms with Gasteiger partial charge >= 0.3 is 0 Å². The molecule has 0 radical (unpaired) electrons. The van der Waals surface area contributed by atoms with Crippen LogP contribution in [0.5, 0.6) is 5.75 Å². The van der Waals surface area contributed by atoms with E-state index in [1.165, 1.54) is 12.1 Å². The Bertz CT molecular complexity index is 567. The van der Waals surface area contributed by atoms with Crippen molar-refractivity contribution in [3.63, 3.8) is 0 Å². The smallest absolute Gasteiger partial charge is 0.193 e. The summed E-state index contributed by atoms with van der Waals surface area (Å²) in [5.41, 5.74) is 1.14. The third-order valence-electron chi connectivity index (χ3n) is 2.41. The molecule has 2 rings (SSSR count). The van der Waals surface area contributed by atoms with Crippen LogP contribution in [0.2, 0.25) is 0 Å². The topological polar surface area (TPSA) is 50.4 Å². The van der Waals surface area contributed by atoms with Crippen LogP contribution in [-0.2, 0) is 6.42 Å². The van der Waals surface area contributed by atoms with E-state index >= 15 is 0 Å². The van der Waals surface area contributed by atoms with Gasteiger partial charge in [0.25, 0.3) is 0 Å². The summed E-state index contributed by atoms with van der Waals surface area (Å²) in [5.74, 6) is 0.758. The lowest BCUT2D eigenvalue weighted by molar-refractivity contribution is 0.472. The molecule has 0 unspecified atom stereocenters. The molecule has 1 aromatic heterocycles. The summed E-state index contributed by atoms with van der Waals surface area (Å²) >= 11 is 0. The summed E-state index contributed by atoms with van der Waals surface area (Å²) in [5, 5.41) is 9.95. The van der Waals surface area contributed by atoms with E-state index in [0.717, 1.165) is 5.56 Å². The van der Waals surface area contributed by atoms with Crippen molar-refractivity contribution in [3.8, 4) is 5.75 Å². The Labute approximate surface area is 87.0 Å². The zero-order valence-corrected chi connectivity index (χ0v) is 8.70. The number of hydrogen-bond acceptors (Lipinski definition) is 3. The first kappa shape index (κ1) is 9.77. The van der Waals surface area contributed by atoms with Crippen LogP contribution in [0, 0.1) is 6.92 Å². The number of rotatable bonds is 1. The van der Waals surface area contributed by atoms with E-state index in [9.17, 15) is 9.90 Å². The molecule has 0 bridgehead atoms. The predicted molar refractivity (Wildman–Crippen MR) is 58.3 cm³/mol. The summed E-state index contributed by atoms with van der Waals surface area (Å²) in [4.78, 5) is 11.7. The minimum absolute atomic E-state index is 0.0504. The highest BCUT2D eigenvalue weighted by Gasteiger charge is 2.07. The van der Waals surface area contributed by atoms with Crippen LogP contribution in [0.25, 0.3) is 11.0 Å². The first-order chi connectivity index (χ1) is 7.11. The third kappa shape index (κ3) is 1.61. The number of phenols is 1. The predicted octanol–water partition coefficient (Wildman–Crippen LogP) is 2.37. The van der Waals surface area contributed by atoms with Crippen LogP contribution in [0.15, 0.2) is 27.4 Å². The van der Waals surface area contributed by atoms with Gasteiger partial charge in [-0.3, -0.25) is 4.79 Å². The molecule has 0 aliphatic carbocycles. The first-order valence-electron chi connectivity index (χ1n) is 4.88. The van der Waals surface area contributed by atoms with Crippen LogP contribution in [0.4, 0.5) is 0 Å². The standard InChI is InChI=1S/C12H12O3/c1-3-9-6-10(14)12-7(2)4-8(13)5-11(12)15-9/h4-6,13H,3H2,1-2H3. The molecule has 0 atom stereocenters. The third-order valence-corrected chi connectivity index (χ3v) is 2.41. The molecule has 78 valence electrons. The molecular formula is C12H12O3. The molecule has 0 aliphatic rings. The van der Waals surface area contributed by atoms with Gasteiger partial charge in [0.1, 0.15) is 17.1 Å². The lowest BCUT2D eigenvalue weighted by Gasteiger charge is -2.03. The Hall–Kier alpha value is -1.77. The van der Waals surface area contributed by atoms with Gasteiger partial charge in [0.15, 0.2) is 5.43 Å². The van der Waals surface area contributed by atoms with Crippen molar-refractivity contribution in [2.75, 3.05) is 0 Å². The second kappa shape index (κ2) is 3.42. The van der Waals surface area contributed by atoms with Crippen molar-refractivity contribution >= 4 is 11.0 Å². The van der Waals surface area contributed by atoms with Crippen molar-refractivity contribution in [1.29, 1.82) is 0 Å². The number of fused-ring (bicyclic) bond motifs is 1. The van der Waals surface area contributed by atoms with Crippen LogP contribution < -0.4 is 5.43 Å². The van der Waals surface area contributed by atoms with Gasteiger partial charge in [-0.25, -0.2) is 0 Å². The lowest BCUT2D eigenvalue weighted by Crippen LogP contribution is -2.03. The average Bonchev–Trinajstić information content (AvgIpc) is 2.15.